The van der Waals surface area contributed by atoms with Gasteiger partial charge in [0.2, 0.25) is 5.91 Å². The van der Waals surface area contributed by atoms with Crippen LogP contribution >= 0.6 is 0 Å². The van der Waals surface area contributed by atoms with E-state index in [-0.39, 0.29) is 24.4 Å². The number of fused-ring (bicyclic) bond motifs is 1. The van der Waals surface area contributed by atoms with Crippen molar-refractivity contribution < 1.29 is 9.59 Å². The van der Waals surface area contributed by atoms with E-state index in [1.807, 2.05) is 30.0 Å². The predicted octanol–water partition coefficient (Wildman–Crippen LogP) is 1.53. The number of carbonyl (C=O) groups is 2. The van der Waals surface area contributed by atoms with Crippen LogP contribution in [0.4, 0.5) is 5.69 Å². The zero-order valence-corrected chi connectivity index (χ0v) is 11.6. The molecule has 1 fully saturated rings. The average molecular weight is 273 g/mol. The Labute approximate surface area is 118 Å². The Morgan fingerprint density at radius 2 is 2.15 bits per heavy atom. The summed E-state index contributed by atoms with van der Waals surface area (Å²) in [6.45, 7) is 3.99. The molecule has 0 bridgehead atoms. The Morgan fingerprint density at radius 1 is 1.40 bits per heavy atom. The molecule has 1 aromatic rings. The van der Waals surface area contributed by atoms with Crippen LogP contribution in [0.3, 0.4) is 0 Å². The lowest BCUT2D eigenvalue weighted by atomic mass is 10.1. The first-order chi connectivity index (χ1) is 9.65. The molecule has 1 atom stereocenters. The van der Waals surface area contributed by atoms with Crippen LogP contribution in [0.25, 0.3) is 0 Å². The Hall–Kier alpha value is -2.04. The molecule has 1 saturated heterocycles. The van der Waals surface area contributed by atoms with Gasteiger partial charge in [-0.05, 0) is 37.5 Å². The molecule has 0 saturated carbocycles. The summed E-state index contributed by atoms with van der Waals surface area (Å²) >= 11 is 0. The molecule has 5 heteroatoms. The van der Waals surface area contributed by atoms with Gasteiger partial charge in [-0.2, -0.15) is 0 Å². The van der Waals surface area contributed by atoms with Gasteiger partial charge >= 0.3 is 0 Å². The van der Waals surface area contributed by atoms with Crippen LogP contribution in [-0.4, -0.2) is 36.3 Å². The van der Waals surface area contributed by atoms with Gasteiger partial charge in [0, 0.05) is 24.3 Å². The highest BCUT2D eigenvalue weighted by molar-refractivity contribution is 6.00. The number of likely N-dealkylation sites (tertiary alicyclic amines) is 1. The minimum Gasteiger partial charge on any atom is -0.376 e. The van der Waals surface area contributed by atoms with Crippen LogP contribution in [0.15, 0.2) is 18.2 Å². The van der Waals surface area contributed by atoms with Gasteiger partial charge in [-0.1, -0.05) is 6.07 Å². The molecule has 20 heavy (non-hydrogen) atoms. The topological polar surface area (TPSA) is 61.4 Å². The van der Waals surface area contributed by atoms with Crippen molar-refractivity contribution in [1.29, 1.82) is 0 Å². The minimum atomic E-state index is -0.0398. The second-order valence-corrected chi connectivity index (χ2v) is 5.44. The van der Waals surface area contributed by atoms with Crippen molar-refractivity contribution in [1.82, 2.24) is 10.2 Å². The van der Waals surface area contributed by atoms with E-state index in [2.05, 4.69) is 10.6 Å². The summed E-state index contributed by atoms with van der Waals surface area (Å²) in [5.74, 6) is 0.0860. The fourth-order valence-electron chi connectivity index (χ4n) is 2.85. The molecule has 106 valence electrons. The molecular formula is C15H19N3O2. The number of benzene rings is 1. The van der Waals surface area contributed by atoms with Crippen molar-refractivity contribution in [3.05, 3.63) is 29.3 Å². The van der Waals surface area contributed by atoms with Gasteiger partial charge in [0.05, 0.1) is 12.6 Å². The maximum absolute atomic E-state index is 12.0. The SMILES string of the molecule is CC1NC(=O)c2cc(NCC(=O)N3CCCC3)ccc21. The van der Waals surface area contributed by atoms with E-state index in [0.29, 0.717) is 5.56 Å². The van der Waals surface area contributed by atoms with E-state index in [4.69, 9.17) is 0 Å². The smallest absolute Gasteiger partial charge is 0.252 e. The van der Waals surface area contributed by atoms with Gasteiger partial charge in [-0.25, -0.2) is 0 Å². The number of rotatable bonds is 3. The molecule has 1 unspecified atom stereocenters. The van der Waals surface area contributed by atoms with Crippen molar-refractivity contribution in [2.75, 3.05) is 25.0 Å². The van der Waals surface area contributed by atoms with Crippen molar-refractivity contribution in [2.45, 2.75) is 25.8 Å². The zero-order chi connectivity index (χ0) is 14.1. The van der Waals surface area contributed by atoms with E-state index >= 15 is 0 Å². The van der Waals surface area contributed by atoms with Gasteiger partial charge in [0.1, 0.15) is 0 Å². The molecule has 0 aliphatic carbocycles. The van der Waals surface area contributed by atoms with Crippen molar-refractivity contribution >= 4 is 17.5 Å². The van der Waals surface area contributed by atoms with Crippen LogP contribution in [0.5, 0.6) is 0 Å². The number of hydrogen-bond acceptors (Lipinski definition) is 3. The summed E-state index contributed by atoms with van der Waals surface area (Å²) in [5.41, 5.74) is 2.54. The molecule has 3 rings (SSSR count). The fourth-order valence-corrected chi connectivity index (χ4v) is 2.85. The molecule has 1 aromatic carbocycles. The van der Waals surface area contributed by atoms with Crippen LogP contribution < -0.4 is 10.6 Å². The standard InChI is InChI=1S/C15H19N3O2/c1-10-12-5-4-11(8-13(12)15(20)17-10)16-9-14(19)18-6-2-3-7-18/h4-5,8,10,16H,2-3,6-7,9H2,1H3,(H,17,20). The number of carbonyl (C=O) groups excluding carboxylic acids is 2. The molecule has 2 aliphatic rings. The first-order valence-electron chi connectivity index (χ1n) is 7.11. The quantitative estimate of drug-likeness (QED) is 0.878. The average Bonchev–Trinajstić information content (AvgIpc) is 3.06. The maximum atomic E-state index is 12.0. The molecule has 2 amide bonds. The highest BCUT2D eigenvalue weighted by Crippen LogP contribution is 2.27. The van der Waals surface area contributed by atoms with Gasteiger partial charge in [0.25, 0.3) is 5.91 Å². The Kier molecular flexibility index (Phi) is 3.34. The first kappa shape index (κ1) is 13.0. The fraction of sp³-hybridized carbons (Fsp3) is 0.467. The van der Waals surface area contributed by atoms with E-state index in [1.54, 1.807) is 0 Å². The summed E-state index contributed by atoms with van der Waals surface area (Å²) in [6.07, 6.45) is 2.20. The summed E-state index contributed by atoms with van der Waals surface area (Å²) in [7, 11) is 0. The second kappa shape index (κ2) is 5.15. The Morgan fingerprint density at radius 3 is 2.90 bits per heavy atom. The van der Waals surface area contributed by atoms with Crippen molar-refractivity contribution in [3.63, 3.8) is 0 Å². The molecule has 2 heterocycles. The van der Waals surface area contributed by atoms with Crippen molar-refractivity contribution in [2.24, 2.45) is 0 Å². The van der Waals surface area contributed by atoms with Gasteiger partial charge in [0.15, 0.2) is 0 Å². The predicted molar refractivity (Wildman–Crippen MR) is 76.6 cm³/mol. The summed E-state index contributed by atoms with van der Waals surface area (Å²) in [5, 5.41) is 5.99. The highest BCUT2D eigenvalue weighted by Gasteiger charge is 2.25. The third-order valence-electron chi connectivity index (χ3n) is 4.01. The van der Waals surface area contributed by atoms with E-state index in [0.717, 1.165) is 37.2 Å². The van der Waals surface area contributed by atoms with Crippen LogP contribution in [0, 0.1) is 0 Å². The van der Waals surface area contributed by atoms with Crippen LogP contribution in [0.1, 0.15) is 41.7 Å². The zero-order valence-electron chi connectivity index (χ0n) is 11.6. The summed E-state index contributed by atoms with van der Waals surface area (Å²) in [6, 6.07) is 5.76. The molecule has 2 aliphatic heterocycles. The van der Waals surface area contributed by atoms with E-state index in [9.17, 15) is 9.59 Å². The molecule has 0 spiro atoms. The van der Waals surface area contributed by atoms with Crippen LogP contribution in [0.2, 0.25) is 0 Å². The first-order valence-corrected chi connectivity index (χ1v) is 7.11. The monoisotopic (exact) mass is 273 g/mol. The number of anilines is 1. The third kappa shape index (κ3) is 2.35. The van der Waals surface area contributed by atoms with Gasteiger partial charge in [-0.3, -0.25) is 9.59 Å². The lowest BCUT2D eigenvalue weighted by Crippen LogP contribution is -2.32. The molecule has 2 N–H and O–H groups in total. The lowest BCUT2D eigenvalue weighted by molar-refractivity contribution is -0.128. The maximum Gasteiger partial charge on any atom is 0.252 e. The minimum absolute atomic E-state index is 0.0398. The summed E-state index contributed by atoms with van der Waals surface area (Å²) in [4.78, 5) is 25.6. The summed E-state index contributed by atoms with van der Waals surface area (Å²) < 4.78 is 0. The largest absolute Gasteiger partial charge is 0.376 e. The van der Waals surface area contributed by atoms with E-state index in [1.165, 1.54) is 0 Å². The second-order valence-electron chi connectivity index (χ2n) is 5.44. The highest BCUT2D eigenvalue weighted by atomic mass is 16.2. The number of hydrogen-bond donors (Lipinski definition) is 2. The molecule has 5 nitrogen and oxygen atoms in total. The normalized spacial score (nSPS) is 20.8. The number of nitrogens with one attached hydrogen (secondary N) is 2. The molecule has 0 aromatic heterocycles. The number of nitrogens with zero attached hydrogens (tertiary/aromatic N) is 1. The lowest BCUT2D eigenvalue weighted by Gasteiger charge is -2.16. The van der Waals surface area contributed by atoms with Crippen LogP contribution in [-0.2, 0) is 4.79 Å². The third-order valence-corrected chi connectivity index (χ3v) is 4.01. The number of amides is 2. The van der Waals surface area contributed by atoms with Gasteiger partial charge < -0.3 is 15.5 Å². The molecular weight excluding hydrogens is 254 g/mol. The van der Waals surface area contributed by atoms with E-state index < -0.39 is 0 Å². The molecule has 0 radical (unpaired) electrons. The Bertz CT molecular complexity index is 550. The Balaban J connectivity index is 1.65. The van der Waals surface area contributed by atoms with Crippen molar-refractivity contribution in [3.8, 4) is 0 Å². The van der Waals surface area contributed by atoms with Gasteiger partial charge in [-0.15, -0.1) is 0 Å².